The summed E-state index contributed by atoms with van der Waals surface area (Å²) in [5, 5.41) is 3.13. The Bertz CT molecular complexity index is 609. The van der Waals surface area contributed by atoms with E-state index in [-0.39, 0.29) is 11.9 Å². The fraction of sp³-hybridized carbons (Fsp3) is 0.316. The first kappa shape index (κ1) is 17.0. The van der Waals surface area contributed by atoms with Crippen LogP contribution in [0.15, 0.2) is 54.6 Å². The second kappa shape index (κ2) is 8.34. The van der Waals surface area contributed by atoms with Crippen LogP contribution in [0.3, 0.4) is 0 Å². The molecule has 0 spiro atoms. The Morgan fingerprint density at radius 1 is 1.09 bits per heavy atom. The van der Waals surface area contributed by atoms with E-state index in [1.165, 1.54) is 0 Å². The number of hydrogen-bond donors (Lipinski definition) is 1. The fourth-order valence-electron chi connectivity index (χ4n) is 2.46. The SMILES string of the molecule is COc1ccc(CC(=O)N[C@H](CN(C)C)c2ccccc2)cc1. The molecule has 0 bridgehead atoms. The third-order valence-electron chi connectivity index (χ3n) is 3.61. The van der Waals surface area contributed by atoms with Crippen molar-refractivity contribution in [3.8, 4) is 5.75 Å². The molecule has 23 heavy (non-hydrogen) atoms. The largest absolute Gasteiger partial charge is 0.497 e. The number of methoxy groups -OCH3 is 1. The molecule has 2 aromatic carbocycles. The molecule has 1 atom stereocenters. The van der Waals surface area contributed by atoms with Crippen molar-refractivity contribution in [1.29, 1.82) is 0 Å². The molecule has 0 heterocycles. The van der Waals surface area contributed by atoms with Gasteiger partial charge in [-0.25, -0.2) is 0 Å². The van der Waals surface area contributed by atoms with Crippen molar-refractivity contribution in [2.45, 2.75) is 12.5 Å². The fourth-order valence-corrected chi connectivity index (χ4v) is 2.46. The first-order valence-electron chi connectivity index (χ1n) is 7.70. The maximum atomic E-state index is 12.4. The highest BCUT2D eigenvalue weighted by Crippen LogP contribution is 2.15. The van der Waals surface area contributed by atoms with Gasteiger partial charge in [0.2, 0.25) is 5.91 Å². The molecule has 122 valence electrons. The van der Waals surface area contributed by atoms with Crippen LogP contribution in [0.2, 0.25) is 0 Å². The predicted molar refractivity (Wildman–Crippen MR) is 92.6 cm³/mol. The third kappa shape index (κ3) is 5.42. The van der Waals surface area contributed by atoms with Crippen LogP contribution in [0.1, 0.15) is 17.2 Å². The summed E-state index contributed by atoms with van der Waals surface area (Å²) in [6.45, 7) is 0.762. The van der Waals surface area contributed by atoms with Gasteiger partial charge in [0, 0.05) is 6.54 Å². The molecule has 0 saturated heterocycles. The predicted octanol–water partition coefficient (Wildman–Crippen LogP) is 2.66. The number of carbonyl (C=O) groups is 1. The van der Waals surface area contributed by atoms with Crippen molar-refractivity contribution >= 4 is 5.91 Å². The third-order valence-corrected chi connectivity index (χ3v) is 3.61. The van der Waals surface area contributed by atoms with Gasteiger partial charge in [-0.3, -0.25) is 4.79 Å². The molecule has 0 radical (unpaired) electrons. The smallest absolute Gasteiger partial charge is 0.224 e. The molecular weight excluding hydrogens is 288 g/mol. The minimum Gasteiger partial charge on any atom is -0.497 e. The summed E-state index contributed by atoms with van der Waals surface area (Å²) in [4.78, 5) is 14.4. The highest BCUT2D eigenvalue weighted by Gasteiger charge is 2.15. The van der Waals surface area contributed by atoms with Crippen LogP contribution in [0.25, 0.3) is 0 Å². The Labute approximate surface area is 138 Å². The van der Waals surface area contributed by atoms with Gasteiger partial charge >= 0.3 is 0 Å². The Hall–Kier alpha value is -2.33. The number of likely N-dealkylation sites (N-methyl/N-ethyl adjacent to an activating group) is 1. The molecular formula is C19H24N2O2. The zero-order valence-corrected chi connectivity index (χ0v) is 14.0. The summed E-state index contributed by atoms with van der Waals surface area (Å²) in [5.74, 6) is 0.815. The molecule has 0 aliphatic carbocycles. The summed E-state index contributed by atoms with van der Waals surface area (Å²) in [7, 11) is 5.64. The second-order valence-corrected chi connectivity index (χ2v) is 5.82. The van der Waals surface area contributed by atoms with Gasteiger partial charge in [0.25, 0.3) is 0 Å². The lowest BCUT2D eigenvalue weighted by molar-refractivity contribution is -0.121. The highest BCUT2D eigenvalue weighted by molar-refractivity contribution is 5.79. The van der Waals surface area contributed by atoms with Gasteiger partial charge in [-0.05, 0) is 37.4 Å². The summed E-state index contributed by atoms with van der Waals surface area (Å²) < 4.78 is 5.13. The minimum absolute atomic E-state index is 0.0167. The summed E-state index contributed by atoms with van der Waals surface area (Å²) in [6, 6.07) is 17.6. The number of nitrogens with one attached hydrogen (secondary N) is 1. The van der Waals surface area contributed by atoms with Gasteiger partial charge in [0.1, 0.15) is 5.75 Å². The molecule has 2 rings (SSSR count). The number of benzene rings is 2. The maximum absolute atomic E-state index is 12.4. The van der Waals surface area contributed by atoms with Crippen LogP contribution < -0.4 is 10.1 Å². The Morgan fingerprint density at radius 2 is 1.74 bits per heavy atom. The average molecular weight is 312 g/mol. The van der Waals surface area contributed by atoms with Crippen molar-refractivity contribution in [3.05, 3.63) is 65.7 Å². The van der Waals surface area contributed by atoms with Crippen LogP contribution in [-0.4, -0.2) is 38.6 Å². The van der Waals surface area contributed by atoms with Crippen LogP contribution in [0.4, 0.5) is 0 Å². The number of amides is 1. The topological polar surface area (TPSA) is 41.6 Å². The molecule has 0 aromatic heterocycles. The Kier molecular flexibility index (Phi) is 6.18. The molecule has 0 fully saturated rings. The Balaban J connectivity index is 2.02. The summed E-state index contributed by atoms with van der Waals surface area (Å²) in [6.07, 6.45) is 0.362. The minimum atomic E-state index is -0.0167. The van der Waals surface area contributed by atoms with Crippen molar-refractivity contribution in [1.82, 2.24) is 10.2 Å². The zero-order chi connectivity index (χ0) is 16.7. The van der Waals surface area contributed by atoms with Gasteiger partial charge in [-0.2, -0.15) is 0 Å². The van der Waals surface area contributed by atoms with E-state index in [9.17, 15) is 4.79 Å². The van der Waals surface area contributed by atoms with E-state index < -0.39 is 0 Å². The lowest BCUT2D eigenvalue weighted by atomic mass is 10.1. The van der Waals surface area contributed by atoms with Crippen molar-refractivity contribution in [2.24, 2.45) is 0 Å². The average Bonchev–Trinajstić information content (AvgIpc) is 2.55. The number of ether oxygens (including phenoxy) is 1. The lowest BCUT2D eigenvalue weighted by Crippen LogP contribution is -2.36. The molecule has 1 amide bonds. The molecule has 4 nitrogen and oxygen atoms in total. The van der Waals surface area contributed by atoms with Crippen LogP contribution in [-0.2, 0) is 11.2 Å². The van der Waals surface area contributed by atoms with E-state index in [4.69, 9.17) is 4.74 Å². The van der Waals surface area contributed by atoms with E-state index in [1.807, 2.05) is 68.7 Å². The first-order chi connectivity index (χ1) is 11.1. The Morgan fingerprint density at radius 3 is 2.30 bits per heavy atom. The van der Waals surface area contributed by atoms with Crippen molar-refractivity contribution in [3.63, 3.8) is 0 Å². The lowest BCUT2D eigenvalue weighted by Gasteiger charge is -2.23. The molecule has 4 heteroatoms. The normalized spacial score (nSPS) is 12.0. The van der Waals surface area contributed by atoms with Crippen LogP contribution in [0, 0.1) is 0 Å². The van der Waals surface area contributed by atoms with E-state index >= 15 is 0 Å². The van der Waals surface area contributed by atoms with Gasteiger partial charge in [-0.1, -0.05) is 42.5 Å². The second-order valence-electron chi connectivity index (χ2n) is 5.82. The maximum Gasteiger partial charge on any atom is 0.224 e. The quantitative estimate of drug-likeness (QED) is 0.854. The van der Waals surface area contributed by atoms with Gasteiger partial charge in [0.15, 0.2) is 0 Å². The molecule has 1 N–H and O–H groups in total. The first-order valence-corrected chi connectivity index (χ1v) is 7.70. The van der Waals surface area contributed by atoms with Crippen LogP contribution >= 0.6 is 0 Å². The van der Waals surface area contributed by atoms with Gasteiger partial charge in [-0.15, -0.1) is 0 Å². The van der Waals surface area contributed by atoms with Gasteiger partial charge in [0.05, 0.1) is 19.6 Å². The van der Waals surface area contributed by atoms with E-state index in [0.717, 1.165) is 23.4 Å². The van der Waals surface area contributed by atoms with E-state index in [2.05, 4.69) is 10.2 Å². The zero-order valence-electron chi connectivity index (χ0n) is 14.0. The van der Waals surface area contributed by atoms with Crippen molar-refractivity contribution in [2.75, 3.05) is 27.7 Å². The summed E-state index contributed by atoms with van der Waals surface area (Å²) >= 11 is 0. The van der Waals surface area contributed by atoms with E-state index in [0.29, 0.717) is 6.42 Å². The number of rotatable bonds is 7. The standard InChI is InChI=1S/C19H24N2O2/c1-21(2)14-18(16-7-5-4-6-8-16)20-19(22)13-15-9-11-17(23-3)12-10-15/h4-12,18H,13-14H2,1-3H3,(H,20,22)/t18-/m1/s1. The van der Waals surface area contributed by atoms with E-state index in [1.54, 1.807) is 7.11 Å². The molecule has 0 saturated carbocycles. The number of hydrogen-bond acceptors (Lipinski definition) is 3. The van der Waals surface area contributed by atoms with Gasteiger partial charge < -0.3 is 15.0 Å². The summed E-state index contributed by atoms with van der Waals surface area (Å²) in [5.41, 5.74) is 2.09. The monoisotopic (exact) mass is 312 g/mol. The number of nitrogens with zero attached hydrogens (tertiary/aromatic N) is 1. The molecule has 0 aliphatic rings. The molecule has 2 aromatic rings. The molecule has 0 aliphatic heterocycles. The van der Waals surface area contributed by atoms with Crippen LogP contribution in [0.5, 0.6) is 5.75 Å². The highest BCUT2D eigenvalue weighted by atomic mass is 16.5. The number of carbonyl (C=O) groups excluding carboxylic acids is 1. The molecule has 0 unspecified atom stereocenters. The van der Waals surface area contributed by atoms with Crippen molar-refractivity contribution < 1.29 is 9.53 Å².